The van der Waals surface area contributed by atoms with Crippen LogP contribution in [0.2, 0.25) is 0 Å². The van der Waals surface area contributed by atoms with Crippen molar-refractivity contribution in [3.63, 3.8) is 0 Å². The Morgan fingerprint density at radius 3 is 2.60 bits per heavy atom. The smallest absolute Gasteiger partial charge is 0.275 e. The van der Waals surface area contributed by atoms with Gasteiger partial charge in [-0.25, -0.2) is 0 Å². The molecule has 1 unspecified atom stereocenters. The molecule has 106 valence electrons. The molecule has 1 aliphatic rings. The summed E-state index contributed by atoms with van der Waals surface area (Å²) in [6.07, 6.45) is 1.48. The fourth-order valence-corrected chi connectivity index (χ4v) is 2.43. The van der Waals surface area contributed by atoms with Crippen LogP contribution in [-0.2, 0) is 4.79 Å². The SMILES string of the molecule is CC1(C)CC=C(C(O)c2ccccc2[N+](=O)[O-])C(=O)C1. The molecule has 0 heterocycles. The standard InChI is InChI=1S/C15H17NO4/c1-15(2)8-7-11(13(17)9-15)14(18)10-5-3-4-6-12(10)16(19)20/h3-7,14,18H,8-9H2,1-2H3. The molecule has 1 atom stereocenters. The number of carbonyl (C=O) groups is 1. The van der Waals surface area contributed by atoms with Gasteiger partial charge >= 0.3 is 0 Å². The zero-order valence-corrected chi connectivity index (χ0v) is 11.5. The van der Waals surface area contributed by atoms with E-state index in [-0.39, 0.29) is 28.0 Å². The van der Waals surface area contributed by atoms with Gasteiger partial charge in [0.1, 0.15) is 6.10 Å². The molecule has 0 aromatic heterocycles. The second-order valence-corrected chi connectivity index (χ2v) is 5.85. The molecule has 1 aliphatic carbocycles. The van der Waals surface area contributed by atoms with Crippen LogP contribution in [0.15, 0.2) is 35.9 Å². The first-order valence-electron chi connectivity index (χ1n) is 6.46. The summed E-state index contributed by atoms with van der Waals surface area (Å²) in [4.78, 5) is 22.5. The predicted octanol–water partition coefficient (Wildman–Crippen LogP) is 2.94. The van der Waals surface area contributed by atoms with Crippen LogP contribution in [0, 0.1) is 15.5 Å². The first-order chi connectivity index (χ1) is 9.32. The van der Waals surface area contributed by atoms with Gasteiger partial charge in [0.2, 0.25) is 0 Å². The van der Waals surface area contributed by atoms with E-state index in [4.69, 9.17) is 0 Å². The number of hydrogen-bond donors (Lipinski definition) is 1. The van der Waals surface area contributed by atoms with Gasteiger partial charge < -0.3 is 5.11 Å². The van der Waals surface area contributed by atoms with E-state index >= 15 is 0 Å². The van der Waals surface area contributed by atoms with Gasteiger partial charge in [0, 0.05) is 18.1 Å². The van der Waals surface area contributed by atoms with E-state index in [9.17, 15) is 20.0 Å². The van der Waals surface area contributed by atoms with E-state index in [1.54, 1.807) is 12.1 Å². The maximum atomic E-state index is 12.1. The van der Waals surface area contributed by atoms with Gasteiger partial charge in [0.25, 0.3) is 5.69 Å². The summed E-state index contributed by atoms with van der Waals surface area (Å²) in [6, 6.07) is 5.96. The van der Waals surface area contributed by atoms with Crippen LogP contribution in [0.25, 0.3) is 0 Å². The highest BCUT2D eigenvalue weighted by Crippen LogP contribution is 2.38. The molecular weight excluding hydrogens is 258 g/mol. The maximum absolute atomic E-state index is 12.1. The summed E-state index contributed by atoms with van der Waals surface area (Å²) in [7, 11) is 0. The van der Waals surface area contributed by atoms with Crippen molar-refractivity contribution in [1.29, 1.82) is 0 Å². The van der Waals surface area contributed by atoms with E-state index in [2.05, 4.69) is 0 Å². The Hall–Kier alpha value is -2.01. The lowest BCUT2D eigenvalue weighted by Gasteiger charge is -2.29. The number of benzene rings is 1. The lowest BCUT2D eigenvalue weighted by atomic mass is 9.76. The molecule has 0 fully saturated rings. The third-order valence-electron chi connectivity index (χ3n) is 3.56. The summed E-state index contributed by atoms with van der Waals surface area (Å²) in [5, 5.41) is 21.3. The lowest BCUT2D eigenvalue weighted by Crippen LogP contribution is -2.25. The molecule has 0 saturated heterocycles. The van der Waals surface area contributed by atoms with E-state index < -0.39 is 11.0 Å². The number of allylic oxidation sites excluding steroid dienone is 1. The molecule has 0 amide bonds. The first kappa shape index (κ1) is 14.4. The highest BCUT2D eigenvalue weighted by Gasteiger charge is 2.33. The second-order valence-electron chi connectivity index (χ2n) is 5.85. The number of carbonyl (C=O) groups excluding carboxylic acids is 1. The first-order valence-corrected chi connectivity index (χ1v) is 6.46. The van der Waals surface area contributed by atoms with Crippen LogP contribution in [0.1, 0.15) is 38.4 Å². The van der Waals surface area contributed by atoms with Crippen LogP contribution in [0.5, 0.6) is 0 Å². The zero-order valence-electron chi connectivity index (χ0n) is 11.5. The number of nitro groups is 1. The molecule has 5 heteroatoms. The number of para-hydroxylation sites is 1. The molecule has 0 aliphatic heterocycles. The number of Topliss-reactive ketones (excluding diaryl/α,β-unsaturated/α-hetero) is 1. The van der Waals surface area contributed by atoms with Crippen LogP contribution >= 0.6 is 0 Å². The Morgan fingerprint density at radius 2 is 2.00 bits per heavy atom. The molecule has 2 rings (SSSR count). The average Bonchev–Trinajstić information content (AvgIpc) is 2.37. The number of hydrogen-bond acceptors (Lipinski definition) is 4. The Balaban J connectivity index is 2.38. The fraction of sp³-hybridized carbons (Fsp3) is 0.400. The number of aliphatic hydroxyl groups excluding tert-OH is 1. The van der Waals surface area contributed by atoms with Crippen LogP contribution < -0.4 is 0 Å². The van der Waals surface area contributed by atoms with Crippen molar-refractivity contribution in [2.24, 2.45) is 5.41 Å². The summed E-state index contributed by atoms with van der Waals surface area (Å²) in [6.45, 7) is 3.96. The van der Waals surface area contributed by atoms with Gasteiger partial charge in [-0.1, -0.05) is 32.1 Å². The number of aliphatic hydroxyl groups is 1. The Labute approximate surface area is 117 Å². The molecule has 0 radical (unpaired) electrons. The molecule has 0 saturated carbocycles. The highest BCUT2D eigenvalue weighted by atomic mass is 16.6. The number of nitro benzene ring substituents is 1. The van der Waals surface area contributed by atoms with Crippen LogP contribution in [0.4, 0.5) is 5.69 Å². The monoisotopic (exact) mass is 275 g/mol. The highest BCUT2D eigenvalue weighted by molar-refractivity contribution is 5.97. The van der Waals surface area contributed by atoms with E-state index in [0.717, 1.165) is 0 Å². The second kappa shape index (κ2) is 5.17. The Bertz CT molecular complexity index is 589. The van der Waals surface area contributed by atoms with Crippen molar-refractivity contribution in [3.05, 3.63) is 51.6 Å². The minimum absolute atomic E-state index is 0.122. The average molecular weight is 275 g/mol. The zero-order chi connectivity index (χ0) is 14.9. The number of rotatable bonds is 3. The van der Waals surface area contributed by atoms with Crippen molar-refractivity contribution in [3.8, 4) is 0 Å². The molecule has 1 N–H and O–H groups in total. The summed E-state index contributed by atoms with van der Waals surface area (Å²) < 4.78 is 0. The molecule has 5 nitrogen and oxygen atoms in total. The third-order valence-corrected chi connectivity index (χ3v) is 3.56. The minimum atomic E-state index is -1.24. The van der Waals surface area contributed by atoms with E-state index in [0.29, 0.717) is 12.8 Å². The van der Waals surface area contributed by atoms with E-state index in [1.165, 1.54) is 18.2 Å². The lowest BCUT2D eigenvalue weighted by molar-refractivity contribution is -0.386. The Kier molecular flexibility index (Phi) is 3.72. The topological polar surface area (TPSA) is 80.4 Å². The molecule has 0 spiro atoms. The molecule has 1 aromatic carbocycles. The van der Waals surface area contributed by atoms with Gasteiger partial charge in [0.15, 0.2) is 5.78 Å². The maximum Gasteiger partial charge on any atom is 0.275 e. The summed E-state index contributed by atoms with van der Waals surface area (Å²) in [5.74, 6) is -0.146. The number of nitrogens with zero attached hydrogens (tertiary/aromatic N) is 1. The van der Waals surface area contributed by atoms with Crippen LogP contribution in [-0.4, -0.2) is 15.8 Å². The predicted molar refractivity (Wildman–Crippen MR) is 74.2 cm³/mol. The summed E-state index contributed by atoms with van der Waals surface area (Å²) >= 11 is 0. The van der Waals surface area contributed by atoms with Crippen LogP contribution in [0.3, 0.4) is 0 Å². The largest absolute Gasteiger partial charge is 0.383 e. The van der Waals surface area contributed by atoms with Gasteiger partial charge in [-0.3, -0.25) is 14.9 Å². The minimum Gasteiger partial charge on any atom is -0.383 e. The van der Waals surface area contributed by atoms with E-state index in [1.807, 2.05) is 13.8 Å². The van der Waals surface area contributed by atoms with Gasteiger partial charge in [-0.2, -0.15) is 0 Å². The molecule has 20 heavy (non-hydrogen) atoms. The van der Waals surface area contributed by atoms with Crippen molar-refractivity contribution in [1.82, 2.24) is 0 Å². The third kappa shape index (κ3) is 2.77. The summed E-state index contributed by atoms with van der Waals surface area (Å²) in [5.41, 5.74) is 0.136. The van der Waals surface area contributed by atoms with Crippen molar-refractivity contribution >= 4 is 11.5 Å². The van der Waals surface area contributed by atoms with Gasteiger partial charge in [-0.15, -0.1) is 0 Å². The Morgan fingerprint density at radius 1 is 1.35 bits per heavy atom. The van der Waals surface area contributed by atoms with Crippen molar-refractivity contribution in [2.75, 3.05) is 0 Å². The molecule has 1 aromatic rings. The normalized spacial score (nSPS) is 19.4. The number of ketones is 1. The molecule has 0 bridgehead atoms. The molecular formula is C15H17NO4. The van der Waals surface area contributed by atoms with Gasteiger partial charge in [0.05, 0.1) is 10.5 Å². The van der Waals surface area contributed by atoms with Crippen molar-refractivity contribution in [2.45, 2.75) is 32.8 Å². The van der Waals surface area contributed by atoms with Gasteiger partial charge in [-0.05, 0) is 17.9 Å². The fourth-order valence-electron chi connectivity index (χ4n) is 2.43. The van der Waals surface area contributed by atoms with Crippen molar-refractivity contribution < 1.29 is 14.8 Å². The quantitative estimate of drug-likeness (QED) is 0.679.